The van der Waals surface area contributed by atoms with Crippen LogP contribution in [-0.2, 0) is 9.53 Å². The van der Waals surface area contributed by atoms with E-state index in [2.05, 4.69) is 10.1 Å². The van der Waals surface area contributed by atoms with Crippen molar-refractivity contribution in [1.82, 2.24) is 5.32 Å². The van der Waals surface area contributed by atoms with Crippen LogP contribution in [0.2, 0.25) is 0 Å². The highest BCUT2D eigenvalue weighted by Crippen LogP contribution is 2.05. The molecule has 0 radical (unpaired) electrons. The van der Waals surface area contributed by atoms with Gasteiger partial charge in [0.05, 0.1) is 0 Å². The molecule has 1 atom stereocenters. The number of hydrogen-bond donors (Lipinski definition) is 1. The Morgan fingerprint density at radius 1 is 1.82 bits per heavy atom. The molecule has 0 bridgehead atoms. The molecule has 0 amide bonds. The van der Waals surface area contributed by atoms with Gasteiger partial charge in [-0.25, -0.2) is 0 Å². The Hall–Kier alpha value is -1.08. The Bertz CT molecular complexity index is 179. The summed E-state index contributed by atoms with van der Waals surface area (Å²) in [5.74, 6) is -0.302. The van der Waals surface area contributed by atoms with Crippen molar-refractivity contribution in [2.45, 2.75) is 18.9 Å². The van der Waals surface area contributed by atoms with Crippen molar-refractivity contribution in [3.8, 4) is 6.07 Å². The summed E-state index contributed by atoms with van der Waals surface area (Å²) in [7, 11) is 0. The van der Waals surface area contributed by atoms with Gasteiger partial charge in [-0.15, -0.1) is 0 Å². The lowest BCUT2D eigenvalue weighted by molar-refractivity contribution is -0.144. The van der Waals surface area contributed by atoms with E-state index in [0.717, 1.165) is 19.4 Å². The van der Waals surface area contributed by atoms with Gasteiger partial charge in [-0.05, 0) is 19.4 Å². The lowest BCUT2D eigenvalue weighted by atomic mass is 10.2. The fourth-order valence-corrected chi connectivity index (χ4v) is 1.09. The summed E-state index contributed by atoms with van der Waals surface area (Å²) in [4.78, 5) is 11.0. The zero-order chi connectivity index (χ0) is 8.10. The first-order chi connectivity index (χ1) is 5.34. The first-order valence-corrected chi connectivity index (χ1v) is 3.61. The van der Waals surface area contributed by atoms with Gasteiger partial charge < -0.3 is 10.1 Å². The molecule has 1 aliphatic heterocycles. The molecule has 1 N–H and O–H groups in total. The van der Waals surface area contributed by atoms with Gasteiger partial charge >= 0.3 is 5.97 Å². The number of esters is 1. The molecule has 11 heavy (non-hydrogen) atoms. The van der Waals surface area contributed by atoms with Crippen LogP contribution < -0.4 is 5.32 Å². The predicted molar refractivity (Wildman–Crippen MR) is 37.6 cm³/mol. The van der Waals surface area contributed by atoms with Gasteiger partial charge in [-0.1, -0.05) is 0 Å². The van der Waals surface area contributed by atoms with E-state index in [4.69, 9.17) is 5.26 Å². The van der Waals surface area contributed by atoms with Crippen molar-refractivity contribution in [3.63, 3.8) is 0 Å². The average molecular weight is 154 g/mol. The molecule has 0 aliphatic carbocycles. The van der Waals surface area contributed by atoms with Crippen LogP contribution in [0.25, 0.3) is 0 Å². The molecule has 0 aromatic rings. The lowest BCUT2D eigenvalue weighted by Gasteiger charge is -2.06. The van der Waals surface area contributed by atoms with Crippen molar-refractivity contribution in [2.75, 3.05) is 13.2 Å². The van der Waals surface area contributed by atoms with Crippen molar-refractivity contribution in [3.05, 3.63) is 0 Å². The molecule has 0 unspecified atom stereocenters. The molecular weight excluding hydrogens is 144 g/mol. The fraction of sp³-hybridized carbons (Fsp3) is 0.714. The molecule has 4 nitrogen and oxygen atoms in total. The van der Waals surface area contributed by atoms with Crippen LogP contribution in [-0.4, -0.2) is 25.2 Å². The minimum absolute atomic E-state index is 0.142. The summed E-state index contributed by atoms with van der Waals surface area (Å²) in [6.45, 7) is 0.726. The standard InChI is InChI=1S/C7H10N2O2/c8-3-5-11-7(10)6-2-1-4-9-6/h6,9H,1-2,4-5H2/t6-/m0/s1. The van der Waals surface area contributed by atoms with Crippen molar-refractivity contribution in [2.24, 2.45) is 0 Å². The van der Waals surface area contributed by atoms with Gasteiger partial charge in [0.15, 0.2) is 6.61 Å². The number of nitrogens with zero attached hydrogens (tertiary/aromatic N) is 1. The molecule has 1 aliphatic rings. The minimum Gasteiger partial charge on any atom is -0.449 e. The van der Waals surface area contributed by atoms with E-state index in [1.165, 1.54) is 0 Å². The van der Waals surface area contributed by atoms with E-state index in [9.17, 15) is 4.79 Å². The van der Waals surface area contributed by atoms with Gasteiger partial charge in [0.2, 0.25) is 0 Å². The van der Waals surface area contributed by atoms with Crippen LogP contribution in [0.3, 0.4) is 0 Å². The van der Waals surface area contributed by atoms with Crippen LogP contribution in [0, 0.1) is 11.3 Å². The van der Waals surface area contributed by atoms with Gasteiger partial charge in [-0.3, -0.25) is 4.79 Å². The Balaban J connectivity index is 2.24. The summed E-state index contributed by atoms with van der Waals surface area (Å²) in [5.41, 5.74) is 0. The van der Waals surface area contributed by atoms with E-state index in [-0.39, 0.29) is 18.6 Å². The molecule has 0 spiro atoms. The quantitative estimate of drug-likeness (QED) is 0.560. The van der Waals surface area contributed by atoms with E-state index in [0.29, 0.717) is 0 Å². The fourth-order valence-electron chi connectivity index (χ4n) is 1.09. The third-order valence-corrected chi connectivity index (χ3v) is 1.62. The first kappa shape index (κ1) is 8.02. The van der Waals surface area contributed by atoms with Crippen LogP contribution in [0.15, 0.2) is 0 Å². The molecule has 60 valence electrons. The molecule has 1 saturated heterocycles. The second kappa shape index (κ2) is 3.94. The van der Waals surface area contributed by atoms with E-state index < -0.39 is 0 Å². The summed E-state index contributed by atoms with van der Waals surface area (Å²) in [6.07, 6.45) is 1.83. The van der Waals surface area contributed by atoms with Gasteiger partial charge in [0.1, 0.15) is 12.1 Å². The molecule has 4 heteroatoms. The van der Waals surface area contributed by atoms with Crippen molar-refractivity contribution < 1.29 is 9.53 Å². The third kappa shape index (κ3) is 2.20. The van der Waals surface area contributed by atoms with Crippen LogP contribution >= 0.6 is 0 Å². The summed E-state index contributed by atoms with van der Waals surface area (Å²) >= 11 is 0. The maximum Gasteiger partial charge on any atom is 0.324 e. The van der Waals surface area contributed by atoms with Crippen molar-refractivity contribution >= 4 is 5.97 Å². The molecule has 0 aromatic carbocycles. The zero-order valence-electron chi connectivity index (χ0n) is 6.17. The largest absolute Gasteiger partial charge is 0.449 e. The third-order valence-electron chi connectivity index (χ3n) is 1.62. The number of nitrogens with one attached hydrogen (secondary N) is 1. The van der Waals surface area contributed by atoms with Crippen LogP contribution in [0.4, 0.5) is 0 Å². The van der Waals surface area contributed by atoms with Crippen molar-refractivity contribution in [1.29, 1.82) is 5.26 Å². The average Bonchev–Trinajstić information content (AvgIpc) is 2.52. The SMILES string of the molecule is N#CCOC(=O)[C@@H]1CCCN1. The predicted octanol–water partition coefficient (Wildman–Crippen LogP) is -0.195. The topological polar surface area (TPSA) is 62.1 Å². The number of rotatable bonds is 2. The highest BCUT2D eigenvalue weighted by Gasteiger charge is 2.22. The van der Waals surface area contributed by atoms with Crippen LogP contribution in [0.5, 0.6) is 0 Å². The normalized spacial score (nSPS) is 22.6. The molecule has 1 heterocycles. The molecule has 1 rings (SSSR count). The molecule has 0 aromatic heterocycles. The molecule has 1 fully saturated rings. The monoisotopic (exact) mass is 154 g/mol. The minimum atomic E-state index is -0.302. The highest BCUT2D eigenvalue weighted by molar-refractivity contribution is 5.76. The summed E-state index contributed by atoms with van der Waals surface area (Å²) in [5, 5.41) is 11.1. The summed E-state index contributed by atoms with van der Waals surface area (Å²) in [6, 6.07) is 1.57. The Labute approximate surface area is 65.1 Å². The number of carbonyl (C=O) groups excluding carboxylic acids is 1. The maximum atomic E-state index is 11.0. The van der Waals surface area contributed by atoms with Gasteiger partial charge in [0.25, 0.3) is 0 Å². The zero-order valence-corrected chi connectivity index (χ0v) is 6.17. The Morgan fingerprint density at radius 3 is 3.18 bits per heavy atom. The van der Waals surface area contributed by atoms with Gasteiger partial charge in [-0.2, -0.15) is 5.26 Å². The lowest BCUT2D eigenvalue weighted by Crippen LogP contribution is -2.32. The molecule has 0 saturated carbocycles. The molecular formula is C7H10N2O2. The number of hydrogen-bond acceptors (Lipinski definition) is 4. The maximum absolute atomic E-state index is 11.0. The summed E-state index contributed by atoms with van der Waals surface area (Å²) < 4.78 is 4.61. The first-order valence-electron chi connectivity index (χ1n) is 3.61. The second-order valence-electron chi connectivity index (χ2n) is 2.41. The van der Waals surface area contributed by atoms with E-state index in [1.54, 1.807) is 6.07 Å². The highest BCUT2D eigenvalue weighted by atomic mass is 16.5. The number of nitriles is 1. The smallest absolute Gasteiger partial charge is 0.324 e. The van der Waals surface area contributed by atoms with E-state index in [1.807, 2.05) is 0 Å². The number of ether oxygens (including phenoxy) is 1. The van der Waals surface area contributed by atoms with Crippen LogP contribution in [0.1, 0.15) is 12.8 Å². The number of carbonyl (C=O) groups is 1. The second-order valence-corrected chi connectivity index (χ2v) is 2.41. The Kier molecular flexibility index (Phi) is 2.87. The van der Waals surface area contributed by atoms with Gasteiger partial charge in [0, 0.05) is 0 Å². The Morgan fingerprint density at radius 2 is 2.64 bits per heavy atom. The van der Waals surface area contributed by atoms with E-state index >= 15 is 0 Å².